The third-order valence-corrected chi connectivity index (χ3v) is 2.71. The van der Waals surface area contributed by atoms with Crippen LogP contribution in [-0.4, -0.2) is 35.0 Å². The zero-order valence-electron chi connectivity index (χ0n) is 12.7. The predicted octanol–water partition coefficient (Wildman–Crippen LogP) is 1.71. The van der Waals surface area contributed by atoms with Gasteiger partial charge in [0, 0.05) is 18.6 Å². The highest BCUT2D eigenvalue weighted by atomic mass is 16.9. The lowest BCUT2D eigenvalue weighted by Crippen LogP contribution is -2.15. The number of Topliss-reactive ketones (excluding diaryl/α,β-unsaturated/α-hetero) is 1. The minimum atomic E-state index is -0.967. The summed E-state index contributed by atoms with van der Waals surface area (Å²) < 4.78 is 4.83. The average Bonchev–Trinajstić information content (AvgIpc) is 2.51. The average molecular weight is 338 g/mol. The molecule has 0 amide bonds. The number of esters is 1. The van der Waals surface area contributed by atoms with Crippen LogP contribution in [0.2, 0.25) is 0 Å². The van der Waals surface area contributed by atoms with E-state index in [4.69, 9.17) is 4.74 Å². The largest absolute Gasteiger partial charge is 0.462 e. The number of hydrogen-bond donors (Lipinski definition) is 0. The van der Waals surface area contributed by atoms with E-state index in [9.17, 15) is 29.8 Å². The molecule has 0 heterocycles. The smallest absolute Gasteiger partial charge is 0.341 e. The minimum absolute atomic E-state index is 0.0781. The lowest BCUT2D eigenvalue weighted by Gasteiger charge is -2.06. The van der Waals surface area contributed by atoms with E-state index in [0.717, 1.165) is 6.92 Å². The van der Waals surface area contributed by atoms with Gasteiger partial charge in [0.05, 0.1) is 18.1 Å². The molecule has 1 aromatic rings. The molecule has 0 atom stereocenters. The van der Waals surface area contributed by atoms with Crippen molar-refractivity contribution in [2.45, 2.75) is 13.3 Å². The van der Waals surface area contributed by atoms with Crippen molar-refractivity contribution < 1.29 is 29.2 Å². The molecule has 0 saturated carbocycles. The SMILES string of the molecule is CC(=O)/C(=C/c1cccc([N+](=O)[O-])c1)C(=O)OCCCO[N+](=O)[O-]. The van der Waals surface area contributed by atoms with Gasteiger partial charge in [0.15, 0.2) is 5.78 Å². The second kappa shape index (κ2) is 8.98. The lowest BCUT2D eigenvalue weighted by atomic mass is 10.1. The number of non-ortho nitro benzene ring substituents is 1. The Bertz CT molecular complexity index is 683. The van der Waals surface area contributed by atoms with E-state index in [-0.39, 0.29) is 30.9 Å². The lowest BCUT2D eigenvalue weighted by molar-refractivity contribution is -0.757. The van der Waals surface area contributed by atoms with Crippen LogP contribution in [0, 0.1) is 20.2 Å². The molecule has 0 aliphatic heterocycles. The van der Waals surface area contributed by atoms with Gasteiger partial charge in [0.25, 0.3) is 10.8 Å². The van der Waals surface area contributed by atoms with E-state index < -0.39 is 21.8 Å². The Kier molecular flexibility index (Phi) is 7.01. The third-order valence-electron chi connectivity index (χ3n) is 2.71. The molecule has 0 radical (unpaired) electrons. The molecule has 0 fully saturated rings. The number of nitrogens with zero attached hydrogens (tertiary/aromatic N) is 2. The number of carbonyl (C=O) groups excluding carboxylic acids is 2. The van der Waals surface area contributed by atoms with Crippen LogP contribution < -0.4 is 0 Å². The molecule has 0 saturated heterocycles. The van der Waals surface area contributed by atoms with Gasteiger partial charge in [-0.3, -0.25) is 14.9 Å². The van der Waals surface area contributed by atoms with E-state index in [0.29, 0.717) is 5.56 Å². The van der Waals surface area contributed by atoms with Crippen LogP contribution in [0.4, 0.5) is 5.69 Å². The van der Waals surface area contributed by atoms with Crippen molar-refractivity contribution in [1.82, 2.24) is 0 Å². The second-order valence-corrected chi connectivity index (χ2v) is 4.51. The van der Waals surface area contributed by atoms with Gasteiger partial charge in [-0.1, -0.05) is 12.1 Å². The summed E-state index contributed by atoms with van der Waals surface area (Å²) in [6, 6.07) is 5.40. The van der Waals surface area contributed by atoms with Gasteiger partial charge < -0.3 is 9.57 Å². The Hall–Kier alpha value is -3.30. The fourth-order valence-corrected chi connectivity index (χ4v) is 1.64. The minimum Gasteiger partial charge on any atom is -0.462 e. The van der Waals surface area contributed by atoms with E-state index in [1.807, 2.05) is 0 Å². The third kappa shape index (κ3) is 6.22. The molecule has 0 unspecified atom stereocenters. The zero-order valence-corrected chi connectivity index (χ0v) is 12.7. The summed E-state index contributed by atoms with van der Waals surface area (Å²) in [5, 5.41) is 19.7. The highest BCUT2D eigenvalue weighted by molar-refractivity contribution is 6.19. The molecule has 0 aliphatic rings. The molecule has 0 bridgehead atoms. The number of nitro groups is 1. The molecular formula is C14H14N2O8. The second-order valence-electron chi connectivity index (χ2n) is 4.51. The highest BCUT2D eigenvalue weighted by Crippen LogP contribution is 2.16. The molecule has 0 aromatic heterocycles. The molecule has 0 N–H and O–H groups in total. The molecule has 128 valence electrons. The highest BCUT2D eigenvalue weighted by Gasteiger charge is 2.17. The van der Waals surface area contributed by atoms with Crippen molar-refractivity contribution in [2.24, 2.45) is 0 Å². The summed E-state index contributed by atoms with van der Waals surface area (Å²) in [5.74, 6) is -1.50. The topological polar surface area (TPSA) is 139 Å². The summed E-state index contributed by atoms with van der Waals surface area (Å²) in [5.41, 5.74) is -0.175. The fourth-order valence-electron chi connectivity index (χ4n) is 1.64. The first-order valence-electron chi connectivity index (χ1n) is 6.72. The fraction of sp³-hybridized carbons (Fsp3) is 0.286. The summed E-state index contributed by atoms with van der Waals surface area (Å²) in [6.07, 6.45) is 1.26. The predicted molar refractivity (Wildman–Crippen MR) is 80.3 cm³/mol. The van der Waals surface area contributed by atoms with Crippen molar-refractivity contribution in [3.63, 3.8) is 0 Å². The van der Waals surface area contributed by atoms with Gasteiger partial charge in [-0.2, -0.15) is 0 Å². The summed E-state index contributed by atoms with van der Waals surface area (Å²) in [6.45, 7) is 0.733. The number of ketones is 1. The van der Waals surface area contributed by atoms with Crippen molar-refractivity contribution in [1.29, 1.82) is 0 Å². The maximum Gasteiger partial charge on any atom is 0.341 e. The van der Waals surface area contributed by atoms with Crippen LogP contribution in [0.3, 0.4) is 0 Å². The zero-order chi connectivity index (χ0) is 18.1. The van der Waals surface area contributed by atoms with Gasteiger partial charge in [0.1, 0.15) is 5.57 Å². The molecular weight excluding hydrogens is 324 g/mol. The normalized spacial score (nSPS) is 10.8. The molecule has 10 nitrogen and oxygen atoms in total. The summed E-state index contributed by atoms with van der Waals surface area (Å²) >= 11 is 0. The molecule has 10 heteroatoms. The molecule has 0 spiro atoms. The maximum absolute atomic E-state index is 11.9. The van der Waals surface area contributed by atoms with E-state index in [1.54, 1.807) is 0 Å². The van der Waals surface area contributed by atoms with Gasteiger partial charge in [-0.15, -0.1) is 10.1 Å². The Morgan fingerprint density at radius 1 is 1.21 bits per heavy atom. The van der Waals surface area contributed by atoms with E-state index in [2.05, 4.69) is 4.84 Å². The molecule has 0 aliphatic carbocycles. The first-order chi connectivity index (χ1) is 11.3. The molecule has 1 rings (SSSR count). The number of rotatable bonds is 9. The molecule has 24 heavy (non-hydrogen) atoms. The summed E-state index contributed by atoms with van der Waals surface area (Å²) in [7, 11) is 0. The van der Waals surface area contributed by atoms with Crippen LogP contribution in [-0.2, 0) is 19.2 Å². The van der Waals surface area contributed by atoms with Gasteiger partial charge >= 0.3 is 5.97 Å². The van der Waals surface area contributed by atoms with E-state index in [1.165, 1.54) is 30.3 Å². The Balaban J connectivity index is 2.77. The van der Waals surface area contributed by atoms with Crippen LogP contribution in [0.25, 0.3) is 6.08 Å². The number of ether oxygens (including phenoxy) is 1. The van der Waals surface area contributed by atoms with Gasteiger partial charge in [-0.25, -0.2) is 4.79 Å². The standard InChI is InChI=1S/C14H14N2O8/c1-10(17)13(14(18)23-6-3-7-24-16(21)22)9-11-4-2-5-12(8-11)15(19)20/h2,4-5,8-9H,3,6-7H2,1H3/b13-9-. The molecule has 1 aromatic carbocycles. The monoisotopic (exact) mass is 338 g/mol. The number of carbonyl (C=O) groups is 2. The first-order valence-corrected chi connectivity index (χ1v) is 6.72. The van der Waals surface area contributed by atoms with Gasteiger partial charge in [-0.05, 0) is 18.6 Å². The Morgan fingerprint density at radius 2 is 1.92 bits per heavy atom. The summed E-state index contributed by atoms with van der Waals surface area (Å²) in [4.78, 5) is 47.6. The van der Waals surface area contributed by atoms with Gasteiger partial charge in [0.2, 0.25) is 0 Å². The van der Waals surface area contributed by atoms with Crippen LogP contribution >= 0.6 is 0 Å². The van der Waals surface area contributed by atoms with Crippen LogP contribution in [0.15, 0.2) is 29.8 Å². The Morgan fingerprint density at radius 3 is 2.50 bits per heavy atom. The van der Waals surface area contributed by atoms with Crippen molar-refractivity contribution in [2.75, 3.05) is 13.2 Å². The number of nitro benzene ring substituents is 1. The number of hydrogen-bond acceptors (Lipinski definition) is 8. The van der Waals surface area contributed by atoms with Crippen LogP contribution in [0.5, 0.6) is 0 Å². The quantitative estimate of drug-likeness (QED) is 0.126. The van der Waals surface area contributed by atoms with Crippen molar-refractivity contribution >= 4 is 23.5 Å². The number of benzene rings is 1. The van der Waals surface area contributed by atoms with E-state index >= 15 is 0 Å². The van der Waals surface area contributed by atoms with Crippen LogP contribution in [0.1, 0.15) is 18.9 Å². The first kappa shape index (κ1) is 18.7. The maximum atomic E-state index is 11.9. The van der Waals surface area contributed by atoms with Crippen molar-refractivity contribution in [3.05, 3.63) is 55.6 Å². The Labute approximate surface area is 135 Å². The van der Waals surface area contributed by atoms with Crippen molar-refractivity contribution in [3.8, 4) is 0 Å².